The topological polar surface area (TPSA) is 73.2 Å². The fraction of sp³-hybridized carbons (Fsp3) is 0.533. The van der Waals surface area contributed by atoms with Crippen molar-refractivity contribution >= 4 is 18.0 Å². The maximum atomic E-state index is 11.8. The second-order valence-electron chi connectivity index (χ2n) is 5.36. The summed E-state index contributed by atoms with van der Waals surface area (Å²) in [5.74, 6) is -0.272. The summed E-state index contributed by atoms with van der Waals surface area (Å²) in [5.41, 5.74) is 0.891. The molecule has 1 N–H and O–H groups in total. The number of nitrogens with zero attached hydrogens (tertiary/aromatic N) is 2. The molecule has 114 valence electrons. The Labute approximate surface area is 124 Å². The van der Waals surface area contributed by atoms with E-state index in [4.69, 9.17) is 4.74 Å². The zero-order valence-corrected chi connectivity index (χ0v) is 12.4. The molecule has 1 saturated carbocycles. The Bertz CT molecular complexity index is 528. The fourth-order valence-corrected chi connectivity index (χ4v) is 2.59. The highest BCUT2D eigenvalue weighted by atomic mass is 16.5. The maximum absolute atomic E-state index is 11.8. The van der Waals surface area contributed by atoms with Gasteiger partial charge in [-0.1, -0.05) is 0 Å². The van der Waals surface area contributed by atoms with Crippen LogP contribution in [0.2, 0.25) is 0 Å². The fourth-order valence-electron chi connectivity index (χ4n) is 2.59. The van der Waals surface area contributed by atoms with Gasteiger partial charge in [0.1, 0.15) is 0 Å². The number of nitrogens with one attached hydrogen (secondary N) is 1. The number of amides is 1. The van der Waals surface area contributed by atoms with Crippen LogP contribution in [-0.4, -0.2) is 34.8 Å². The van der Waals surface area contributed by atoms with Gasteiger partial charge in [-0.2, -0.15) is 5.10 Å². The first-order valence-corrected chi connectivity index (χ1v) is 7.13. The van der Waals surface area contributed by atoms with Crippen LogP contribution >= 0.6 is 0 Å². The number of esters is 1. The number of carbonyl (C=O) groups excluding carboxylic acids is 2. The standard InChI is InChI=1S/C15H21N3O3/c1-18-10-11(9-16-18)3-8-14(19)17-13-6-4-12(5-7-13)15(20)21-2/h3,8-10,12-13H,4-7H2,1-2H3,(H,17,19)/b8-3+. The van der Waals surface area contributed by atoms with Crippen LogP contribution in [0.25, 0.3) is 6.08 Å². The zero-order chi connectivity index (χ0) is 15.2. The molecule has 1 heterocycles. The van der Waals surface area contributed by atoms with Crippen molar-refractivity contribution in [2.45, 2.75) is 31.7 Å². The first-order chi connectivity index (χ1) is 10.1. The lowest BCUT2D eigenvalue weighted by atomic mass is 9.86. The molecule has 0 aromatic carbocycles. The molecule has 1 aromatic heterocycles. The first kappa shape index (κ1) is 15.3. The van der Waals surface area contributed by atoms with E-state index in [0.29, 0.717) is 0 Å². The largest absolute Gasteiger partial charge is 0.469 e. The summed E-state index contributed by atoms with van der Waals surface area (Å²) in [4.78, 5) is 23.3. The van der Waals surface area contributed by atoms with Crippen molar-refractivity contribution in [3.05, 3.63) is 24.0 Å². The van der Waals surface area contributed by atoms with Crippen LogP contribution in [0.1, 0.15) is 31.2 Å². The van der Waals surface area contributed by atoms with Gasteiger partial charge in [-0.3, -0.25) is 14.3 Å². The SMILES string of the molecule is COC(=O)C1CCC(NC(=O)/C=C/c2cnn(C)c2)CC1. The predicted octanol–water partition coefficient (Wildman–Crippen LogP) is 1.28. The lowest BCUT2D eigenvalue weighted by Gasteiger charge is -2.27. The molecule has 1 aliphatic carbocycles. The Hall–Kier alpha value is -2.11. The highest BCUT2D eigenvalue weighted by Gasteiger charge is 2.27. The molecule has 0 saturated heterocycles. The Morgan fingerprint density at radius 3 is 2.67 bits per heavy atom. The number of carbonyl (C=O) groups is 2. The molecule has 0 unspecified atom stereocenters. The van der Waals surface area contributed by atoms with Gasteiger partial charge in [0.25, 0.3) is 0 Å². The van der Waals surface area contributed by atoms with Crippen molar-refractivity contribution in [3.63, 3.8) is 0 Å². The molecule has 1 aromatic rings. The molecular formula is C15H21N3O3. The monoisotopic (exact) mass is 291 g/mol. The number of ether oxygens (including phenoxy) is 1. The number of rotatable bonds is 4. The predicted molar refractivity (Wildman–Crippen MR) is 78.1 cm³/mol. The van der Waals surface area contributed by atoms with Gasteiger partial charge in [0, 0.05) is 30.9 Å². The van der Waals surface area contributed by atoms with E-state index >= 15 is 0 Å². The molecule has 0 radical (unpaired) electrons. The van der Waals surface area contributed by atoms with E-state index in [1.54, 1.807) is 17.0 Å². The molecule has 2 rings (SSSR count). The molecular weight excluding hydrogens is 270 g/mol. The number of hydrogen-bond acceptors (Lipinski definition) is 4. The Balaban J connectivity index is 1.77. The van der Waals surface area contributed by atoms with Crippen LogP contribution in [0.5, 0.6) is 0 Å². The second kappa shape index (κ2) is 7.06. The molecule has 0 bridgehead atoms. The van der Waals surface area contributed by atoms with Gasteiger partial charge in [-0.15, -0.1) is 0 Å². The van der Waals surface area contributed by atoms with Crippen molar-refractivity contribution in [1.82, 2.24) is 15.1 Å². The van der Waals surface area contributed by atoms with Gasteiger partial charge in [0.15, 0.2) is 0 Å². The Morgan fingerprint density at radius 1 is 1.38 bits per heavy atom. The van der Waals surface area contributed by atoms with Crippen LogP contribution in [0.15, 0.2) is 18.5 Å². The minimum atomic E-state index is -0.142. The average molecular weight is 291 g/mol. The third-order valence-electron chi connectivity index (χ3n) is 3.76. The summed E-state index contributed by atoms with van der Waals surface area (Å²) in [6.07, 6.45) is 9.95. The average Bonchev–Trinajstić information content (AvgIpc) is 2.91. The molecule has 1 amide bonds. The van der Waals surface area contributed by atoms with E-state index in [2.05, 4.69) is 10.4 Å². The van der Waals surface area contributed by atoms with Gasteiger partial charge in [-0.25, -0.2) is 0 Å². The van der Waals surface area contributed by atoms with Crippen LogP contribution in [0.3, 0.4) is 0 Å². The molecule has 0 atom stereocenters. The summed E-state index contributed by atoms with van der Waals surface area (Å²) in [7, 11) is 3.25. The molecule has 21 heavy (non-hydrogen) atoms. The van der Waals surface area contributed by atoms with E-state index in [1.165, 1.54) is 13.2 Å². The Morgan fingerprint density at radius 2 is 2.10 bits per heavy atom. The smallest absolute Gasteiger partial charge is 0.308 e. The van der Waals surface area contributed by atoms with Crippen molar-refractivity contribution in [3.8, 4) is 0 Å². The van der Waals surface area contributed by atoms with E-state index in [-0.39, 0.29) is 23.8 Å². The minimum Gasteiger partial charge on any atom is -0.469 e. The van der Waals surface area contributed by atoms with E-state index in [1.807, 2.05) is 13.2 Å². The quantitative estimate of drug-likeness (QED) is 0.670. The van der Waals surface area contributed by atoms with Gasteiger partial charge in [0.2, 0.25) is 5.91 Å². The normalized spacial score (nSPS) is 22.2. The first-order valence-electron chi connectivity index (χ1n) is 7.13. The van der Waals surface area contributed by atoms with Crippen molar-refractivity contribution in [1.29, 1.82) is 0 Å². The van der Waals surface area contributed by atoms with E-state index < -0.39 is 0 Å². The van der Waals surface area contributed by atoms with Crippen molar-refractivity contribution < 1.29 is 14.3 Å². The number of aromatic nitrogens is 2. The zero-order valence-electron chi connectivity index (χ0n) is 12.4. The van der Waals surface area contributed by atoms with Crippen LogP contribution < -0.4 is 5.32 Å². The lowest BCUT2D eigenvalue weighted by Crippen LogP contribution is -2.38. The lowest BCUT2D eigenvalue weighted by molar-refractivity contribution is -0.146. The highest BCUT2D eigenvalue weighted by molar-refractivity contribution is 5.91. The second-order valence-corrected chi connectivity index (χ2v) is 5.36. The van der Waals surface area contributed by atoms with Crippen LogP contribution in [0, 0.1) is 5.92 Å². The Kier molecular flexibility index (Phi) is 5.14. The maximum Gasteiger partial charge on any atom is 0.308 e. The number of aryl methyl sites for hydroxylation is 1. The third-order valence-corrected chi connectivity index (χ3v) is 3.76. The van der Waals surface area contributed by atoms with Gasteiger partial charge in [0.05, 0.1) is 19.2 Å². The van der Waals surface area contributed by atoms with E-state index in [0.717, 1.165) is 31.2 Å². The van der Waals surface area contributed by atoms with Crippen molar-refractivity contribution in [2.24, 2.45) is 13.0 Å². The summed E-state index contributed by atoms with van der Waals surface area (Å²) in [5, 5.41) is 7.00. The molecule has 6 heteroatoms. The van der Waals surface area contributed by atoms with Gasteiger partial charge >= 0.3 is 5.97 Å². The highest BCUT2D eigenvalue weighted by Crippen LogP contribution is 2.25. The number of hydrogen-bond donors (Lipinski definition) is 1. The number of methoxy groups -OCH3 is 1. The molecule has 0 spiro atoms. The summed E-state index contributed by atoms with van der Waals surface area (Å²) in [6.45, 7) is 0. The van der Waals surface area contributed by atoms with Crippen LogP contribution in [0.4, 0.5) is 0 Å². The molecule has 1 fully saturated rings. The molecule has 6 nitrogen and oxygen atoms in total. The summed E-state index contributed by atoms with van der Waals surface area (Å²) in [6, 6.07) is 0.136. The van der Waals surface area contributed by atoms with Crippen molar-refractivity contribution in [2.75, 3.05) is 7.11 Å². The van der Waals surface area contributed by atoms with E-state index in [9.17, 15) is 9.59 Å². The third kappa shape index (κ3) is 4.44. The molecule has 0 aliphatic heterocycles. The minimum absolute atomic E-state index is 0.0194. The molecule has 1 aliphatic rings. The summed E-state index contributed by atoms with van der Waals surface area (Å²) < 4.78 is 6.44. The summed E-state index contributed by atoms with van der Waals surface area (Å²) >= 11 is 0. The van der Waals surface area contributed by atoms with Gasteiger partial charge in [-0.05, 0) is 31.8 Å². The van der Waals surface area contributed by atoms with Gasteiger partial charge < -0.3 is 10.1 Å². The van der Waals surface area contributed by atoms with Crippen LogP contribution in [-0.2, 0) is 21.4 Å².